The van der Waals surface area contributed by atoms with Gasteiger partial charge in [-0.1, -0.05) is 60.7 Å². The summed E-state index contributed by atoms with van der Waals surface area (Å²) in [5.41, 5.74) is 1.52. The summed E-state index contributed by atoms with van der Waals surface area (Å²) in [5.74, 6) is -3.54. The molecule has 8 heteroatoms. The second-order valence-electron chi connectivity index (χ2n) is 6.80. The van der Waals surface area contributed by atoms with Crippen molar-refractivity contribution in [3.8, 4) is 0 Å². The molecule has 0 unspecified atom stereocenters. The molecule has 4 N–H and O–H groups in total. The summed E-state index contributed by atoms with van der Waals surface area (Å²) in [6.45, 7) is 0. The lowest BCUT2D eigenvalue weighted by atomic mass is 10.1. The average Bonchev–Trinajstić information content (AvgIpc) is 2.72. The Hall–Kier alpha value is -3.68. The van der Waals surface area contributed by atoms with E-state index in [1.54, 1.807) is 60.7 Å². The highest BCUT2D eigenvalue weighted by atomic mass is 16.4. The molecular formula is C22H24N2O6. The molecule has 0 aliphatic carbocycles. The molecule has 0 spiro atoms. The number of hydrogen-bond donors (Lipinski definition) is 4. The second-order valence-corrected chi connectivity index (χ2v) is 6.80. The largest absolute Gasteiger partial charge is 0.480 e. The van der Waals surface area contributed by atoms with Crippen LogP contribution in [0.25, 0.3) is 0 Å². The fourth-order valence-corrected chi connectivity index (χ4v) is 2.86. The first-order valence-electron chi connectivity index (χ1n) is 9.47. The molecule has 158 valence electrons. The van der Waals surface area contributed by atoms with Gasteiger partial charge in [-0.05, 0) is 11.1 Å². The van der Waals surface area contributed by atoms with E-state index in [0.29, 0.717) is 0 Å². The summed E-state index contributed by atoms with van der Waals surface area (Å²) in [6, 6.07) is 15.5. The number of rotatable bonds is 11. The maximum absolute atomic E-state index is 12.1. The van der Waals surface area contributed by atoms with Gasteiger partial charge in [0.25, 0.3) is 0 Å². The number of aliphatic carboxylic acids is 2. The highest BCUT2D eigenvalue weighted by Crippen LogP contribution is 2.06. The van der Waals surface area contributed by atoms with E-state index in [-0.39, 0.29) is 25.7 Å². The number of amides is 2. The second kappa shape index (κ2) is 11.4. The van der Waals surface area contributed by atoms with E-state index >= 15 is 0 Å². The standard InChI is InChI=1S/C22H24N2O6/c25-19(23-17(21(27)28)13-15-7-3-1-4-8-15)11-12-20(26)24-18(22(29)30)14-16-9-5-2-6-10-16/h1-10,17-18H,11-14H2,(H,23,25)(H,24,26)(H,27,28)(H,29,30)/t17-,18-/m0/s1. The lowest BCUT2D eigenvalue weighted by Gasteiger charge is -2.16. The van der Waals surface area contributed by atoms with Gasteiger partial charge in [-0.3, -0.25) is 9.59 Å². The predicted molar refractivity (Wildman–Crippen MR) is 109 cm³/mol. The van der Waals surface area contributed by atoms with Crippen molar-refractivity contribution in [3.63, 3.8) is 0 Å². The van der Waals surface area contributed by atoms with Crippen molar-refractivity contribution in [1.29, 1.82) is 0 Å². The zero-order chi connectivity index (χ0) is 21.9. The summed E-state index contributed by atoms with van der Waals surface area (Å²) in [6.07, 6.45) is -0.261. The molecule has 2 rings (SSSR count). The molecule has 0 radical (unpaired) electrons. The molecule has 0 bridgehead atoms. The Morgan fingerprint density at radius 1 is 0.633 bits per heavy atom. The monoisotopic (exact) mass is 412 g/mol. The van der Waals surface area contributed by atoms with Crippen molar-refractivity contribution in [2.45, 2.75) is 37.8 Å². The first kappa shape index (κ1) is 22.6. The molecule has 0 aliphatic heterocycles. The molecule has 0 fully saturated rings. The summed E-state index contributed by atoms with van der Waals surface area (Å²) in [5, 5.41) is 23.4. The Kier molecular flexibility index (Phi) is 8.56. The maximum atomic E-state index is 12.1. The Balaban J connectivity index is 1.83. The van der Waals surface area contributed by atoms with E-state index in [9.17, 15) is 29.4 Å². The molecule has 2 aromatic carbocycles. The van der Waals surface area contributed by atoms with Gasteiger partial charge >= 0.3 is 11.9 Å². The van der Waals surface area contributed by atoms with Crippen molar-refractivity contribution in [2.75, 3.05) is 0 Å². The maximum Gasteiger partial charge on any atom is 0.326 e. The number of nitrogens with one attached hydrogen (secondary N) is 2. The smallest absolute Gasteiger partial charge is 0.326 e. The molecule has 2 atom stereocenters. The molecule has 30 heavy (non-hydrogen) atoms. The first-order valence-corrected chi connectivity index (χ1v) is 9.47. The molecule has 0 aliphatic rings. The van der Waals surface area contributed by atoms with Gasteiger partial charge in [0.05, 0.1) is 0 Å². The van der Waals surface area contributed by atoms with Crippen LogP contribution in [0.5, 0.6) is 0 Å². The van der Waals surface area contributed by atoms with Crippen LogP contribution in [-0.2, 0) is 32.0 Å². The van der Waals surface area contributed by atoms with Crippen LogP contribution in [0.15, 0.2) is 60.7 Å². The third-order valence-electron chi connectivity index (χ3n) is 4.41. The number of carbonyl (C=O) groups excluding carboxylic acids is 2. The van der Waals surface area contributed by atoms with Crippen LogP contribution in [0.4, 0.5) is 0 Å². The van der Waals surface area contributed by atoms with Crippen molar-refractivity contribution in [2.24, 2.45) is 0 Å². The zero-order valence-corrected chi connectivity index (χ0v) is 16.3. The molecule has 0 saturated carbocycles. The Morgan fingerprint density at radius 3 is 1.27 bits per heavy atom. The normalized spacial score (nSPS) is 12.4. The highest BCUT2D eigenvalue weighted by molar-refractivity contribution is 5.88. The summed E-state index contributed by atoms with van der Waals surface area (Å²) >= 11 is 0. The van der Waals surface area contributed by atoms with E-state index in [1.165, 1.54) is 0 Å². The molecule has 2 amide bonds. The SMILES string of the molecule is O=C(CCC(=O)N[C@@H](Cc1ccccc1)C(=O)O)N[C@@H](Cc1ccccc1)C(=O)O. The van der Waals surface area contributed by atoms with Crippen LogP contribution >= 0.6 is 0 Å². The minimum absolute atomic E-state index is 0.117. The van der Waals surface area contributed by atoms with Gasteiger partial charge in [-0.25, -0.2) is 9.59 Å². The third kappa shape index (κ3) is 7.75. The molecule has 2 aromatic rings. The van der Waals surface area contributed by atoms with Crippen LogP contribution in [0, 0.1) is 0 Å². The third-order valence-corrected chi connectivity index (χ3v) is 4.41. The van der Waals surface area contributed by atoms with Gasteiger partial charge in [0, 0.05) is 25.7 Å². The molecule has 0 saturated heterocycles. The topological polar surface area (TPSA) is 133 Å². The summed E-state index contributed by atoms with van der Waals surface area (Å²) < 4.78 is 0. The molecule has 0 heterocycles. The van der Waals surface area contributed by atoms with Gasteiger partial charge in [0.2, 0.25) is 11.8 Å². The summed E-state index contributed by atoms with van der Waals surface area (Å²) in [4.78, 5) is 47.0. The minimum Gasteiger partial charge on any atom is -0.480 e. The number of hydrogen-bond acceptors (Lipinski definition) is 4. The van der Waals surface area contributed by atoms with Crippen LogP contribution in [0.3, 0.4) is 0 Å². The Morgan fingerprint density at radius 2 is 0.967 bits per heavy atom. The molecule has 0 aromatic heterocycles. The van der Waals surface area contributed by atoms with Gasteiger partial charge < -0.3 is 20.8 Å². The van der Waals surface area contributed by atoms with Crippen LogP contribution in [-0.4, -0.2) is 46.0 Å². The number of carboxylic acids is 2. The van der Waals surface area contributed by atoms with Crippen molar-refractivity contribution in [3.05, 3.63) is 71.8 Å². The number of carbonyl (C=O) groups is 4. The lowest BCUT2D eigenvalue weighted by Crippen LogP contribution is -2.44. The first-order chi connectivity index (χ1) is 14.3. The lowest BCUT2D eigenvalue weighted by molar-refractivity contribution is -0.142. The zero-order valence-electron chi connectivity index (χ0n) is 16.3. The van der Waals surface area contributed by atoms with Gasteiger partial charge in [-0.2, -0.15) is 0 Å². The van der Waals surface area contributed by atoms with E-state index in [4.69, 9.17) is 0 Å². The van der Waals surface area contributed by atoms with Gasteiger partial charge in [0.1, 0.15) is 12.1 Å². The van der Waals surface area contributed by atoms with Crippen LogP contribution in [0.2, 0.25) is 0 Å². The predicted octanol–water partition coefficient (Wildman–Crippen LogP) is 1.39. The minimum atomic E-state index is -1.18. The summed E-state index contributed by atoms with van der Waals surface area (Å²) in [7, 11) is 0. The van der Waals surface area contributed by atoms with Gasteiger partial charge in [-0.15, -0.1) is 0 Å². The Labute approximate surface area is 173 Å². The van der Waals surface area contributed by atoms with Crippen LogP contribution < -0.4 is 10.6 Å². The van der Waals surface area contributed by atoms with Crippen LogP contribution in [0.1, 0.15) is 24.0 Å². The van der Waals surface area contributed by atoms with Crippen molar-refractivity contribution >= 4 is 23.8 Å². The van der Waals surface area contributed by atoms with E-state index in [1.807, 2.05) is 0 Å². The number of benzene rings is 2. The number of carboxylic acid groups (broad SMARTS) is 2. The van der Waals surface area contributed by atoms with Gasteiger partial charge in [0.15, 0.2) is 0 Å². The van der Waals surface area contributed by atoms with E-state index in [0.717, 1.165) is 11.1 Å². The Bertz CT molecular complexity index is 796. The quantitative estimate of drug-likeness (QED) is 0.441. The van der Waals surface area contributed by atoms with Crippen molar-refractivity contribution < 1.29 is 29.4 Å². The highest BCUT2D eigenvalue weighted by Gasteiger charge is 2.23. The van der Waals surface area contributed by atoms with E-state index in [2.05, 4.69) is 10.6 Å². The fraction of sp³-hybridized carbons (Fsp3) is 0.273. The fourth-order valence-electron chi connectivity index (χ4n) is 2.86. The van der Waals surface area contributed by atoms with Crippen molar-refractivity contribution in [1.82, 2.24) is 10.6 Å². The van der Waals surface area contributed by atoms with E-state index < -0.39 is 35.8 Å². The average molecular weight is 412 g/mol. The molecule has 8 nitrogen and oxygen atoms in total. The molecular weight excluding hydrogens is 388 g/mol.